The van der Waals surface area contributed by atoms with Crippen LogP contribution in [0.3, 0.4) is 0 Å². The van der Waals surface area contributed by atoms with Crippen molar-refractivity contribution in [3.8, 4) is 5.75 Å². The quantitative estimate of drug-likeness (QED) is 0.467. The van der Waals surface area contributed by atoms with Crippen LogP contribution in [0.15, 0.2) is 24.3 Å². The molecule has 0 heterocycles. The molecule has 19 heavy (non-hydrogen) atoms. The molecule has 0 amide bonds. The maximum absolute atomic E-state index is 12.6. The van der Waals surface area contributed by atoms with Crippen LogP contribution in [0.25, 0.3) is 0 Å². The Hall–Kier alpha value is -2.02. The monoisotopic (exact) mass is 274 g/mol. The van der Waals surface area contributed by atoms with E-state index in [2.05, 4.69) is 14.2 Å². The Balaban J connectivity index is 2.67. The molecule has 0 fully saturated rings. The summed E-state index contributed by atoms with van der Waals surface area (Å²) in [6, 6.07) is 5.00. The molecule has 0 saturated heterocycles. The normalized spacial score (nSPS) is 10.9. The molecule has 0 aliphatic carbocycles. The molecule has 0 aliphatic heterocycles. The predicted molar refractivity (Wildman–Crippen MR) is 60.0 cm³/mol. The zero-order chi connectivity index (χ0) is 14.5. The van der Waals surface area contributed by atoms with E-state index < -0.39 is 17.9 Å². The van der Waals surface area contributed by atoms with Crippen LogP contribution in [0.5, 0.6) is 5.75 Å². The SMILES string of the molecule is COCOC(=O)c1ccc(OC(=O)C(C)(F)F)cc1. The molecule has 0 N–H and O–H groups in total. The van der Waals surface area contributed by atoms with Crippen molar-refractivity contribution >= 4 is 11.9 Å². The van der Waals surface area contributed by atoms with Gasteiger partial charge in [0.15, 0.2) is 6.79 Å². The molecule has 7 heteroatoms. The average Bonchev–Trinajstić information content (AvgIpc) is 2.35. The predicted octanol–water partition coefficient (Wildman–Crippen LogP) is 2.01. The van der Waals surface area contributed by atoms with Gasteiger partial charge in [-0.15, -0.1) is 0 Å². The third-order valence-corrected chi connectivity index (χ3v) is 1.97. The molecule has 0 bridgehead atoms. The number of ether oxygens (including phenoxy) is 3. The molecule has 0 aliphatic rings. The van der Waals surface area contributed by atoms with Gasteiger partial charge in [-0.25, -0.2) is 9.59 Å². The summed E-state index contributed by atoms with van der Waals surface area (Å²) >= 11 is 0. The Labute approximate surface area is 108 Å². The summed E-state index contributed by atoms with van der Waals surface area (Å²) in [5.74, 6) is -5.96. The highest BCUT2D eigenvalue weighted by molar-refractivity contribution is 5.89. The van der Waals surface area contributed by atoms with Gasteiger partial charge in [0.05, 0.1) is 5.56 Å². The molecule has 0 spiro atoms. The van der Waals surface area contributed by atoms with E-state index in [0.717, 1.165) is 0 Å². The van der Waals surface area contributed by atoms with Crippen molar-refractivity contribution in [3.63, 3.8) is 0 Å². The van der Waals surface area contributed by atoms with Crippen molar-refractivity contribution in [2.45, 2.75) is 12.8 Å². The van der Waals surface area contributed by atoms with Crippen molar-refractivity contribution in [2.75, 3.05) is 13.9 Å². The highest BCUT2D eigenvalue weighted by atomic mass is 19.3. The topological polar surface area (TPSA) is 61.8 Å². The Morgan fingerprint density at radius 1 is 1.21 bits per heavy atom. The van der Waals surface area contributed by atoms with Gasteiger partial charge in [-0.2, -0.15) is 8.78 Å². The second-order valence-electron chi connectivity index (χ2n) is 3.64. The van der Waals surface area contributed by atoms with Crippen molar-refractivity contribution < 1.29 is 32.6 Å². The molecule has 104 valence electrons. The maximum atomic E-state index is 12.6. The molecule has 0 atom stereocenters. The van der Waals surface area contributed by atoms with Gasteiger partial charge in [-0.05, 0) is 24.3 Å². The van der Waals surface area contributed by atoms with E-state index in [1.807, 2.05) is 0 Å². The summed E-state index contributed by atoms with van der Waals surface area (Å²) in [6.45, 7) is 0.240. The van der Waals surface area contributed by atoms with Gasteiger partial charge >= 0.3 is 17.9 Å². The number of alkyl halides is 2. The number of carbonyl (C=O) groups excluding carboxylic acids is 2. The van der Waals surface area contributed by atoms with E-state index in [0.29, 0.717) is 6.92 Å². The van der Waals surface area contributed by atoms with Crippen LogP contribution < -0.4 is 4.74 Å². The molecule has 0 radical (unpaired) electrons. The number of hydrogen-bond acceptors (Lipinski definition) is 5. The van der Waals surface area contributed by atoms with Crippen molar-refractivity contribution in [1.29, 1.82) is 0 Å². The lowest BCUT2D eigenvalue weighted by Crippen LogP contribution is -2.29. The number of benzene rings is 1. The fourth-order valence-electron chi connectivity index (χ4n) is 1.05. The lowest BCUT2D eigenvalue weighted by Gasteiger charge is -2.10. The van der Waals surface area contributed by atoms with Crippen LogP contribution >= 0.6 is 0 Å². The molecule has 5 nitrogen and oxygen atoms in total. The van der Waals surface area contributed by atoms with Crippen molar-refractivity contribution in [2.24, 2.45) is 0 Å². The first-order valence-electron chi connectivity index (χ1n) is 5.21. The number of methoxy groups -OCH3 is 1. The summed E-state index contributed by atoms with van der Waals surface area (Å²) in [4.78, 5) is 22.3. The zero-order valence-corrected chi connectivity index (χ0v) is 10.3. The van der Waals surface area contributed by atoms with Gasteiger partial charge in [0.1, 0.15) is 5.75 Å². The Bertz CT molecular complexity index is 450. The summed E-state index contributed by atoms with van der Waals surface area (Å²) < 4.78 is 38.8. The number of hydrogen-bond donors (Lipinski definition) is 0. The van der Waals surface area contributed by atoms with Gasteiger partial charge < -0.3 is 14.2 Å². The van der Waals surface area contributed by atoms with Crippen LogP contribution in [-0.4, -0.2) is 31.8 Å². The van der Waals surface area contributed by atoms with Crippen LogP contribution in [0.2, 0.25) is 0 Å². The summed E-state index contributed by atoms with van der Waals surface area (Å²) in [5, 5.41) is 0. The molecule has 0 aromatic heterocycles. The standard InChI is InChI=1S/C12H12F2O5/c1-12(13,14)11(16)19-9-5-3-8(4-6-9)10(15)18-7-17-2/h3-6H,7H2,1-2H3. The fourth-order valence-corrected chi connectivity index (χ4v) is 1.05. The van der Waals surface area contributed by atoms with Crippen LogP contribution in [0.1, 0.15) is 17.3 Å². The van der Waals surface area contributed by atoms with Gasteiger partial charge in [0, 0.05) is 14.0 Å². The van der Waals surface area contributed by atoms with Gasteiger partial charge in [-0.3, -0.25) is 0 Å². The Morgan fingerprint density at radius 3 is 2.26 bits per heavy atom. The second kappa shape index (κ2) is 6.24. The number of halogens is 2. The molecule has 0 saturated carbocycles. The number of carbonyl (C=O) groups is 2. The van der Waals surface area contributed by atoms with Crippen LogP contribution in [0.4, 0.5) is 8.78 Å². The smallest absolute Gasteiger partial charge is 0.382 e. The number of esters is 2. The lowest BCUT2D eigenvalue weighted by molar-refractivity contribution is -0.158. The Morgan fingerprint density at radius 2 is 1.79 bits per heavy atom. The Kier molecular flexibility index (Phi) is 4.94. The van der Waals surface area contributed by atoms with Crippen LogP contribution in [-0.2, 0) is 14.3 Å². The zero-order valence-electron chi connectivity index (χ0n) is 10.3. The van der Waals surface area contributed by atoms with Gasteiger partial charge in [0.25, 0.3) is 0 Å². The van der Waals surface area contributed by atoms with E-state index in [1.165, 1.54) is 31.4 Å². The average molecular weight is 274 g/mol. The molecule has 0 unspecified atom stereocenters. The lowest BCUT2D eigenvalue weighted by atomic mass is 10.2. The minimum Gasteiger partial charge on any atom is -0.435 e. The molecular weight excluding hydrogens is 262 g/mol. The van der Waals surface area contributed by atoms with Crippen LogP contribution in [0, 0.1) is 0 Å². The van der Waals surface area contributed by atoms with Gasteiger partial charge in [0.2, 0.25) is 0 Å². The van der Waals surface area contributed by atoms with E-state index in [1.54, 1.807) is 0 Å². The third kappa shape index (κ3) is 4.63. The van der Waals surface area contributed by atoms with Crippen molar-refractivity contribution in [3.05, 3.63) is 29.8 Å². The maximum Gasteiger partial charge on any atom is 0.382 e. The van der Waals surface area contributed by atoms with E-state index in [-0.39, 0.29) is 18.1 Å². The first-order chi connectivity index (χ1) is 8.84. The first-order valence-corrected chi connectivity index (χ1v) is 5.21. The molecule has 1 aromatic carbocycles. The summed E-state index contributed by atoms with van der Waals surface area (Å²) in [5.41, 5.74) is 0.181. The van der Waals surface area contributed by atoms with Gasteiger partial charge in [-0.1, -0.05) is 0 Å². The third-order valence-electron chi connectivity index (χ3n) is 1.97. The summed E-state index contributed by atoms with van der Waals surface area (Å²) in [7, 11) is 1.36. The first kappa shape index (κ1) is 15.0. The second-order valence-corrected chi connectivity index (χ2v) is 3.64. The number of rotatable bonds is 5. The molecular formula is C12H12F2O5. The summed E-state index contributed by atoms with van der Waals surface area (Å²) in [6.07, 6.45) is 0. The van der Waals surface area contributed by atoms with E-state index in [4.69, 9.17) is 0 Å². The van der Waals surface area contributed by atoms with E-state index in [9.17, 15) is 18.4 Å². The largest absolute Gasteiger partial charge is 0.435 e. The highest BCUT2D eigenvalue weighted by Crippen LogP contribution is 2.18. The minimum absolute atomic E-state index is 0.0881. The fraction of sp³-hybridized carbons (Fsp3) is 0.333. The molecule has 1 aromatic rings. The van der Waals surface area contributed by atoms with Crippen molar-refractivity contribution in [1.82, 2.24) is 0 Å². The molecule has 1 rings (SSSR count). The highest BCUT2D eigenvalue weighted by Gasteiger charge is 2.34. The van der Waals surface area contributed by atoms with E-state index >= 15 is 0 Å². The minimum atomic E-state index is -3.57.